The van der Waals surface area contributed by atoms with Crippen LogP contribution in [-0.2, 0) is 18.0 Å². The van der Waals surface area contributed by atoms with Gasteiger partial charge < -0.3 is 19.3 Å². The van der Waals surface area contributed by atoms with Crippen molar-refractivity contribution in [1.29, 1.82) is 0 Å². The summed E-state index contributed by atoms with van der Waals surface area (Å²) in [5, 5.41) is 0.996. The minimum absolute atomic E-state index is 0.0886. The van der Waals surface area contributed by atoms with Crippen molar-refractivity contribution in [3.05, 3.63) is 83.3 Å². The van der Waals surface area contributed by atoms with Crippen LogP contribution in [0.4, 0.5) is 4.79 Å². The highest BCUT2D eigenvalue weighted by Gasteiger charge is 2.17. The van der Waals surface area contributed by atoms with E-state index in [-0.39, 0.29) is 19.3 Å². The third-order valence-corrected chi connectivity index (χ3v) is 6.07. The zero-order valence-corrected chi connectivity index (χ0v) is 22.2. The van der Waals surface area contributed by atoms with E-state index < -0.39 is 0 Å². The van der Waals surface area contributed by atoms with E-state index in [4.69, 9.17) is 14.5 Å². The Balaban J connectivity index is 1.92. The third-order valence-electron chi connectivity index (χ3n) is 6.07. The number of pyridine rings is 2. The first-order chi connectivity index (χ1) is 17.3. The number of carbonyl (C=O) groups is 1. The topological polar surface area (TPSA) is 67.8 Å². The van der Waals surface area contributed by atoms with E-state index in [0.717, 1.165) is 39.0 Å². The van der Waals surface area contributed by atoms with Crippen LogP contribution in [0, 0.1) is 13.8 Å². The van der Waals surface area contributed by atoms with Crippen LogP contribution >= 0.6 is 0 Å². The second-order valence-corrected chi connectivity index (χ2v) is 8.71. The second kappa shape index (κ2) is 12.2. The van der Waals surface area contributed by atoms with Crippen molar-refractivity contribution in [1.82, 2.24) is 19.8 Å². The fourth-order valence-electron chi connectivity index (χ4n) is 4.09. The Labute approximate surface area is 214 Å². The Bertz CT molecular complexity index is 1260. The predicted molar refractivity (Wildman–Crippen MR) is 145 cm³/mol. The molecule has 1 aromatic carbocycles. The van der Waals surface area contributed by atoms with Crippen LogP contribution in [-0.4, -0.2) is 53.0 Å². The first-order valence-corrected chi connectivity index (χ1v) is 12.2. The molecule has 1 amide bonds. The first-order valence-electron chi connectivity index (χ1n) is 12.2. The lowest BCUT2D eigenvalue weighted by molar-refractivity contribution is 0.0981. The molecule has 0 atom stereocenters. The molecule has 2 aromatic heterocycles. The van der Waals surface area contributed by atoms with Crippen molar-refractivity contribution >= 4 is 22.7 Å². The molecule has 0 spiro atoms. The van der Waals surface area contributed by atoms with E-state index in [1.165, 1.54) is 0 Å². The van der Waals surface area contributed by atoms with E-state index in [0.29, 0.717) is 24.5 Å². The number of rotatable bonds is 10. The SMILES string of the molecule is C=C/C=C(/c1cc(C)nc2c(OCc3c(C)ccnc3COC(=O)N(CC)CC)cccc12)N(C)C. The van der Waals surface area contributed by atoms with Crippen molar-refractivity contribution < 1.29 is 14.3 Å². The van der Waals surface area contributed by atoms with Crippen LogP contribution in [0.1, 0.15) is 41.9 Å². The molecule has 0 saturated carbocycles. The highest BCUT2D eigenvalue weighted by molar-refractivity contribution is 5.94. The fraction of sp³-hybridized carbons (Fsp3) is 0.345. The summed E-state index contributed by atoms with van der Waals surface area (Å²) in [5.41, 5.74) is 6.40. The quantitative estimate of drug-likeness (QED) is 0.331. The van der Waals surface area contributed by atoms with Gasteiger partial charge in [0.1, 0.15) is 24.5 Å². The number of nitrogens with zero attached hydrogens (tertiary/aromatic N) is 4. The number of allylic oxidation sites excluding steroid dienone is 2. The lowest BCUT2D eigenvalue weighted by Gasteiger charge is -2.20. The third kappa shape index (κ3) is 6.03. The minimum Gasteiger partial charge on any atom is -0.487 e. The predicted octanol–water partition coefficient (Wildman–Crippen LogP) is 5.89. The van der Waals surface area contributed by atoms with Gasteiger partial charge in [-0.3, -0.25) is 4.98 Å². The van der Waals surface area contributed by atoms with E-state index in [1.54, 1.807) is 17.2 Å². The van der Waals surface area contributed by atoms with Gasteiger partial charge in [-0.1, -0.05) is 24.8 Å². The molecular weight excluding hydrogens is 452 g/mol. The molecule has 0 aliphatic rings. The molecule has 0 unspecified atom stereocenters. The van der Waals surface area contributed by atoms with Crippen molar-refractivity contribution in [3.63, 3.8) is 0 Å². The molecule has 3 rings (SSSR count). The zero-order chi connectivity index (χ0) is 26.2. The summed E-state index contributed by atoms with van der Waals surface area (Å²) < 4.78 is 11.9. The van der Waals surface area contributed by atoms with Crippen LogP contribution in [0.2, 0.25) is 0 Å². The number of amides is 1. The summed E-state index contributed by atoms with van der Waals surface area (Å²) in [6.45, 7) is 13.3. The van der Waals surface area contributed by atoms with Gasteiger partial charge in [0.25, 0.3) is 0 Å². The minimum atomic E-state index is -0.347. The lowest BCUT2D eigenvalue weighted by atomic mass is 10.0. The van der Waals surface area contributed by atoms with E-state index in [2.05, 4.69) is 28.6 Å². The second-order valence-electron chi connectivity index (χ2n) is 8.71. The maximum absolute atomic E-state index is 12.3. The van der Waals surface area contributed by atoms with Crippen LogP contribution < -0.4 is 4.74 Å². The van der Waals surface area contributed by atoms with Crippen molar-refractivity contribution in [3.8, 4) is 5.75 Å². The molecule has 190 valence electrons. The van der Waals surface area contributed by atoms with Gasteiger partial charge in [-0.05, 0) is 57.5 Å². The summed E-state index contributed by atoms with van der Waals surface area (Å²) in [7, 11) is 4.02. The zero-order valence-electron chi connectivity index (χ0n) is 22.2. The summed E-state index contributed by atoms with van der Waals surface area (Å²) in [6.07, 6.45) is 5.16. The number of para-hydroxylation sites is 1. The maximum Gasteiger partial charge on any atom is 0.410 e. The van der Waals surface area contributed by atoms with E-state index >= 15 is 0 Å². The summed E-state index contributed by atoms with van der Waals surface area (Å²) in [6, 6.07) is 9.97. The maximum atomic E-state index is 12.3. The van der Waals surface area contributed by atoms with Crippen LogP contribution in [0.25, 0.3) is 16.6 Å². The van der Waals surface area contributed by atoms with E-state index in [9.17, 15) is 4.79 Å². The molecule has 3 aromatic rings. The van der Waals surface area contributed by atoms with Gasteiger partial charge in [0.15, 0.2) is 0 Å². The smallest absolute Gasteiger partial charge is 0.410 e. The van der Waals surface area contributed by atoms with Gasteiger partial charge in [0, 0.05) is 61.3 Å². The molecule has 0 aliphatic heterocycles. The molecule has 0 N–H and O–H groups in total. The molecule has 7 nitrogen and oxygen atoms in total. The molecule has 2 heterocycles. The van der Waals surface area contributed by atoms with Gasteiger partial charge in [-0.15, -0.1) is 0 Å². The monoisotopic (exact) mass is 488 g/mol. The molecule has 36 heavy (non-hydrogen) atoms. The molecule has 0 saturated heterocycles. The molecular formula is C29H36N4O3. The number of benzene rings is 1. The van der Waals surface area contributed by atoms with Crippen molar-refractivity contribution in [2.24, 2.45) is 0 Å². The molecule has 7 heteroatoms. The Morgan fingerprint density at radius 2 is 1.86 bits per heavy atom. The lowest BCUT2D eigenvalue weighted by Crippen LogP contribution is -2.31. The van der Waals surface area contributed by atoms with Gasteiger partial charge in [0.2, 0.25) is 0 Å². The number of aromatic nitrogens is 2. The Kier molecular flexibility index (Phi) is 9.06. The van der Waals surface area contributed by atoms with Gasteiger partial charge in [0.05, 0.1) is 5.69 Å². The number of fused-ring (bicyclic) bond motifs is 1. The van der Waals surface area contributed by atoms with E-state index in [1.807, 2.05) is 66.1 Å². The molecule has 0 fully saturated rings. The Morgan fingerprint density at radius 3 is 2.53 bits per heavy atom. The first kappa shape index (κ1) is 26.7. The number of carbonyl (C=O) groups excluding carboxylic acids is 1. The average molecular weight is 489 g/mol. The van der Waals surface area contributed by atoms with Crippen LogP contribution in [0.5, 0.6) is 5.75 Å². The standard InChI is InChI=1S/C29H36N4O3/c1-8-12-26(32(6)7)23-17-21(5)31-28-22(23)13-11-14-27(28)35-18-24-20(4)15-16-30-25(24)19-36-29(34)33(9-2)10-3/h8,11-17H,1,9-10,18-19H2,2-7H3/b26-12-. The van der Waals surface area contributed by atoms with Crippen LogP contribution in [0.3, 0.4) is 0 Å². The Morgan fingerprint density at radius 1 is 1.11 bits per heavy atom. The number of hydrogen-bond donors (Lipinski definition) is 0. The number of ether oxygens (including phenoxy) is 2. The highest BCUT2D eigenvalue weighted by atomic mass is 16.6. The molecule has 0 radical (unpaired) electrons. The van der Waals surface area contributed by atoms with Crippen LogP contribution in [0.15, 0.2) is 55.3 Å². The summed E-state index contributed by atoms with van der Waals surface area (Å²) in [4.78, 5) is 25.3. The molecule has 0 aliphatic carbocycles. The fourth-order valence-corrected chi connectivity index (χ4v) is 4.09. The summed E-state index contributed by atoms with van der Waals surface area (Å²) in [5.74, 6) is 0.684. The average Bonchev–Trinajstić information content (AvgIpc) is 2.85. The molecule has 0 bridgehead atoms. The van der Waals surface area contributed by atoms with Crippen molar-refractivity contribution in [2.75, 3.05) is 27.2 Å². The van der Waals surface area contributed by atoms with Crippen molar-refractivity contribution in [2.45, 2.75) is 40.9 Å². The van der Waals surface area contributed by atoms with Gasteiger partial charge >= 0.3 is 6.09 Å². The number of hydrogen-bond acceptors (Lipinski definition) is 6. The van der Waals surface area contributed by atoms with Gasteiger partial charge in [-0.2, -0.15) is 0 Å². The largest absolute Gasteiger partial charge is 0.487 e. The normalized spacial score (nSPS) is 11.3. The number of aryl methyl sites for hydroxylation is 2. The Hall–Kier alpha value is -3.87. The summed E-state index contributed by atoms with van der Waals surface area (Å²) >= 11 is 0. The van der Waals surface area contributed by atoms with Gasteiger partial charge in [-0.25, -0.2) is 9.78 Å². The highest BCUT2D eigenvalue weighted by Crippen LogP contribution is 2.32.